The van der Waals surface area contributed by atoms with E-state index in [-0.39, 0.29) is 0 Å². The molecule has 1 saturated carbocycles. The lowest BCUT2D eigenvalue weighted by atomic mass is 9.83. The molecule has 0 aromatic carbocycles. The second-order valence-electron chi connectivity index (χ2n) is 3.62. The number of hydrogen-bond donors (Lipinski definition) is 1. The zero-order valence-corrected chi connectivity index (χ0v) is 7.95. The van der Waals surface area contributed by atoms with Crippen LogP contribution in [0.5, 0.6) is 0 Å². The molecule has 0 heterocycles. The predicted molar refractivity (Wildman–Crippen MR) is 49.8 cm³/mol. The van der Waals surface area contributed by atoms with Crippen molar-refractivity contribution in [2.24, 2.45) is 11.8 Å². The van der Waals surface area contributed by atoms with E-state index in [1.165, 1.54) is 6.26 Å². The molecule has 3 nitrogen and oxygen atoms in total. The molecule has 0 unspecified atom stereocenters. The zero-order valence-electron chi connectivity index (χ0n) is 7.95. The molecule has 0 aromatic rings. The van der Waals surface area contributed by atoms with Gasteiger partial charge in [-0.3, -0.25) is 0 Å². The van der Waals surface area contributed by atoms with E-state index in [0.717, 1.165) is 25.7 Å². The summed E-state index contributed by atoms with van der Waals surface area (Å²) in [5.74, 6) is 1.10. The molecule has 3 heteroatoms. The first-order valence-electron chi connectivity index (χ1n) is 4.87. The molecular weight excluding hydrogens is 168 g/mol. The Morgan fingerprint density at radius 1 is 1.23 bits per heavy atom. The van der Waals surface area contributed by atoms with E-state index in [4.69, 9.17) is 9.99 Å². The Balaban J connectivity index is 2.06. The number of aliphatic hydroxyl groups is 1. The topological polar surface area (TPSA) is 38.7 Å². The van der Waals surface area contributed by atoms with Crippen LogP contribution < -0.4 is 0 Å². The molecular formula is C10H18O3. The number of hydrogen-bond acceptors (Lipinski definition) is 3. The van der Waals surface area contributed by atoms with Gasteiger partial charge in [-0.1, -0.05) is 6.58 Å². The molecule has 13 heavy (non-hydrogen) atoms. The largest absolute Gasteiger partial charge is 0.396 e. The molecule has 76 valence electrons. The fourth-order valence-electron chi connectivity index (χ4n) is 1.76. The van der Waals surface area contributed by atoms with Crippen molar-refractivity contribution in [1.82, 2.24) is 0 Å². The fourth-order valence-corrected chi connectivity index (χ4v) is 1.76. The van der Waals surface area contributed by atoms with Crippen LogP contribution in [-0.4, -0.2) is 18.3 Å². The van der Waals surface area contributed by atoms with Crippen molar-refractivity contribution in [2.45, 2.75) is 25.7 Å². The summed E-state index contributed by atoms with van der Waals surface area (Å²) in [5, 5.41) is 8.92. The van der Waals surface area contributed by atoms with Crippen LogP contribution in [0.2, 0.25) is 0 Å². The minimum Gasteiger partial charge on any atom is -0.396 e. The minimum absolute atomic E-state index is 0.330. The second-order valence-corrected chi connectivity index (χ2v) is 3.62. The van der Waals surface area contributed by atoms with Crippen LogP contribution in [-0.2, 0) is 9.78 Å². The lowest BCUT2D eigenvalue weighted by Gasteiger charge is -2.26. The van der Waals surface area contributed by atoms with Gasteiger partial charge in [0.1, 0.15) is 6.26 Å². The fraction of sp³-hybridized carbons (Fsp3) is 0.800. The molecule has 1 aliphatic rings. The van der Waals surface area contributed by atoms with Crippen molar-refractivity contribution in [2.75, 3.05) is 13.2 Å². The van der Waals surface area contributed by atoms with E-state index in [9.17, 15) is 0 Å². The van der Waals surface area contributed by atoms with Crippen LogP contribution in [0.4, 0.5) is 0 Å². The van der Waals surface area contributed by atoms with Crippen LogP contribution in [0, 0.1) is 11.8 Å². The summed E-state index contributed by atoms with van der Waals surface area (Å²) in [7, 11) is 0. The van der Waals surface area contributed by atoms with E-state index in [0.29, 0.717) is 25.0 Å². The molecule has 0 bridgehead atoms. The lowest BCUT2D eigenvalue weighted by Crippen LogP contribution is -2.20. The van der Waals surface area contributed by atoms with E-state index < -0.39 is 0 Å². The lowest BCUT2D eigenvalue weighted by molar-refractivity contribution is -0.258. The van der Waals surface area contributed by atoms with Gasteiger partial charge < -0.3 is 9.99 Å². The van der Waals surface area contributed by atoms with Gasteiger partial charge in [-0.05, 0) is 37.5 Å². The Morgan fingerprint density at radius 2 is 1.85 bits per heavy atom. The molecule has 1 N–H and O–H groups in total. The number of rotatable bonds is 5. The molecule has 0 aliphatic heterocycles. The van der Waals surface area contributed by atoms with Gasteiger partial charge >= 0.3 is 0 Å². The highest BCUT2D eigenvalue weighted by atomic mass is 17.2. The van der Waals surface area contributed by atoms with Crippen molar-refractivity contribution in [1.29, 1.82) is 0 Å². The van der Waals surface area contributed by atoms with Gasteiger partial charge in [0.15, 0.2) is 0 Å². The Hall–Kier alpha value is -0.540. The van der Waals surface area contributed by atoms with Gasteiger partial charge in [-0.15, -0.1) is 0 Å². The normalized spacial score (nSPS) is 28.4. The summed E-state index contributed by atoms with van der Waals surface area (Å²) < 4.78 is 0. The predicted octanol–water partition coefficient (Wildman–Crippen LogP) is 1.88. The van der Waals surface area contributed by atoms with Gasteiger partial charge in [0.05, 0.1) is 6.61 Å². The van der Waals surface area contributed by atoms with E-state index in [1.54, 1.807) is 0 Å². The zero-order chi connectivity index (χ0) is 9.52. The van der Waals surface area contributed by atoms with Crippen molar-refractivity contribution in [3.8, 4) is 0 Å². The van der Waals surface area contributed by atoms with Gasteiger partial charge in [0.25, 0.3) is 0 Å². The Bertz CT molecular complexity index is 139. The third-order valence-corrected chi connectivity index (χ3v) is 2.66. The summed E-state index contributed by atoms with van der Waals surface area (Å²) in [6.07, 6.45) is 5.77. The quantitative estimate of drug-likeness (QED) is 0.308. The summed E-state index contributed by atoms with van der Waals surface area (Å²) >= 11 is 0. The van der Waals surface area contributed by atoms with Crippen LogP contribution in [0.15, 0.2) is 12.8 Å². The maximum Gasteiger partial charge on any atom is 0.122 e. The van der Waals surface area contributed by atoms with Crippen molar-refractivity contribution in [3.05, 3.63) is 12.8 Å². The molecule has 0 atom stereocenters. The van der Waals surface area contributed by atoms with Crippen LogP contribution in [0.3, 0.4) is 0 Å². The van der Waals surface area contributed by atoms with Crippen LogP contribution in [0.1, 0.15) is 25.7 Å². The van der Waals surface area contributed by atoms with Gasteiger partial charge in [0, 0.05) is 6.61 Å². The first kappa shape index (κ1) is 10.5. The maximum atomic E-state index is 8.92. The monoisotopic (exact) mass is 186 g/mol. The van der Waals surface area contributed by atoms with E-state index >= 15 is 0 Å². The molecule has 0 aromatic heterocycles. The number of aliphatic hydroxyl groups excluding tert-OH is 1. The van der Waals surface area contributed by atoms with Crippen molar-refractivity contribution in [3.63, 3.8) is 0 Å². The standard InChI is InChI=1S/C10H18O3/c1-2-12-13-8-10-5-3-9(7-11)4-6-10/h2,9-11H,1,3-8H2. The average molecular weight is 186 g/mol. The smallest absolute Gasteiger partial charge is 0.122 e. The molecule has 0 spiro atoms. The highest BCUT2D eigenvalue weighted by molar-refractivity contribution is 4.71. The third kappa shape index (κ3) is 3.79. The average Bonchev–Trinajstić information content (AvgIpc) is 2.19. The van der Waals surface area contributed by atoms with Crippen LogP contribution in [0.25, 0.3) is 0 Å². The molecule has 1 rings (SSSR count). The van der Waals surface area contributed by atoms with Crippen molar-refractivity contribution < 1.29 is 14.9 Å². The summed E-state index contributed by atoms with van der Waals surface area (Å²) in [4.78, 5) is 9.51. The van der Waals surface area contributed by atoms with Gasteiger partial charge in [-0.2, -0.15) is 4.89 Å². The maximum absolute atomic E-state index is 8.92. The van der Waals surface area contributed by atoms with Gasteiger partial charge in [0.2, 0.25) is 0 Å². The molecule has 0 amide bonds. The Kier molecular flexibility index (Phi) is 4.86. The molecule has 0 radical (unpaired) electrons. The molecule has 1 aliphatic carbocycles. The Labute approximate surface area is 79.3 Å². The summed E-state index contributed by atoms with van der Waals surface area (Å²) in [6, 6.07) is 0. The second kappa shape index (κ2) is 6.00. The van der Waals surface area contributed by atoms with Gasteiger partial charge in [-0.25, -0.2) is 0 Å². The SMILES string of the molecule is C=COOCC1CCC(CO)CC1. The van der Waals surface area contributed by atoms with Crippen LogP contribution >= 0.6 is 0 Å². The highest BCUT2D eigenvalue weighted by Crippen LogP contribution is 2.28. The van der Waals surface area contributed by atoms with E-state index in [2.05, 4.69) is 11.5 Å². The minimum atomic E-state index is 0.330. The molecule has 0 saturated heterocycles. The first-order valence-corrected chi connectivity index (χ1v) is 4.87. The van der Waals surface area contributed by atoms with Crippen molar-refractivity contribution >= 4 is 0 Å². The summed E-state index contributed by atoms with van der Waals surface area (Å²) in [5.41, 5.74) is 0. The summed E-state index contributed by atoms with van der Waals surface area (Å²) in [6.45, 7) is 4.36. The first-order chi connectivity index (χ1) is 6.36. The van der Waals surface area contributed by atoms with E-state index in [1.807, 2.05) is 0 Å². The molecule has 1 fully saturated rings. The third-order valence-electron chi connectivity index (χ3n) is 2.66. The highest BCUT2D eigenvalue weighted by Gasteiger charge is 2.20. The Morgan fingerprint density at radius 3 is 2.38 bits per heavy atom.